The molecule has 0 amide bonds. The van der Waals surface area contributed by atoms with Crippen molar-refractivity contribution < 1.29 is 14.3 Å². The second-order valence-corrected chi connectivity index (χ2v) is 7.23. The maximum absolute atomic E-state index is 11.9. The van der Waals surface area contributed by atoms with Gasteiger partial charge in [-0.15, -0.1) is 0 Å². The van der Waals surface area contributed by atoms with Crippen LogP contribution < -0.4 is 0 Å². The molecule has 98 valence electrons. The molecular formula is C15H20O3. The Bertz CT molecular complexity index is 476. The van der Waals surface area contributed by atoms with Gasteiger partial charge in [0.05, 0.1) is 11.7 Å². The molecule has 0 unspecified atom stereocenters. The third-order valence-corrected chi connectivity index (χ3v) is 5.77. The largest absolute Gasteiger partial charge is 0.458 e. The molecule has 0 N–H and O–H groups in total. The minimum Gasteiger partial charge on any atom is -0.458 e. The number of fused-ring (bicyclic) bond motifs is 5. The molecule has 0 aromatic carbocycles. The van der Waals surface area contributed by atoms with Crippen LogP contribution in [-0.4, -0.2) is 24.8 Å². The molecule has 0 spiro atoms. The first-order valence-corrected chi connectivity index (χ1v) is 7.01. The van der Waals surface area contributed by atoms with Crippen LogP contribution in [0.3, 0.4) is 0 Å². The lowest BCUT2D eigenvalue weighted by atomic mass is 9.50. The van der Waals surface area contributed by atoms with Gasteiger partial charge in [-0.3, -0.25) is 0 Å². The molecule has 4 atom stereocenters. The van der Waals surface area contributed by atoms with Crippen LogP contribution in [0.2, 0.25) is 0 Å². The summed E-state index contributed by atoms with van der Waals surface area (Å²) in [5.74, 6) is 0.414. The maximum Gasteiger partial charge on any atom is 0.337 e. The molecule has 1 saturated heterocycles. The molecule has 2 aliphatic heterocycles. The van der Waals surface area contributed by atoms with E-state index in [4.69, 9.17) is 9.47 Å². The Morgan fingerprint density at radius 1 is 1.22 bits per heavy atom. The molecule has 0 bridgehead atoms. The van der Waals surface area contributed by atoms with E-state index < -0.39 is 0 Å². The number of hydrogen-bond donors (Lipinski definition) is 0. The number of carbonyl (C=O) groups excluding carboxylic acids is 1. The Morgan fingerprint density at radius 3 is 2.78 bits per heavy atom. The Morgan fingerprint density at radius 2 is 2.00 bits per heavy atom. The van der Waals surface area contributed by atoms with E-state index in [2.05, 4.69) is 20.8 Å². The van der Waals surface area contributed by atoms with Crippen LogP contribution in [0.15, 0.2) is 11.1 Å². The van der Waals surface area contributed by atoms with Gasteiger partial charge in [-0.05, 0) is 29.2 Å². The van der Waals surface area contributed by atoms with E-state index >= 15 is 0 Å². The van der Waals surface area contributed by atoms with E-state index in [1.165, 1.54) is 24.8 Å². The minimum absolute atomic E-state index is 0.0467. The molecule has 1 saturated carbocycles. The zero-order valence-electron chi connectivity index (χ0n) is 11.3. The predicted octanol–water partition coefficient (Wildman–Crippen LogP) is 2.45. The van der Waals surface area contributed by atoms with Crippen molar-refractivity contribution >= 4 is 5.97 Å². The van der Waals surface area contributed by atoms with E-state index in [9.17, 15) is 4.79 Å². The third-order valence-electron chi connectivity index (χ3n) is 5.77. The predicted molar refractivity (Wildman–Crippen MR) is 65.9 cm³/mol. The van der Waals surface area contributed by atoms with Gasteiger partial charge < -0.3 is 9.47 Å². The van der Waals surface area contributed by atoms with Crippen LogP contribution in [-0.2, 0) is 14.3 Å². The molecule has 0 aromatic heterocycles. The number of ether oxygens (including phenoxy) is 2. The smallest absolute Gasteiger partial charge is 0.337 e. The Balaban J connectivity index is 1.88. The van der Waals surface area contributed by atoms with Gasteiger partial charge in [0.15, 0.2) is 0 Å². The molecular weight excluding hydrogens is 228 g/mol. The first kappa shape index (κ1) is 11.0. The lowest BCUT2D eigenvalue weighted by Gasteiger charge is -2.52. The number of epoxide rings is 1. The maximum atomic E-state index is 11.9. The Hall–Kier alpha value is -0.830. The lowest BCUT2D eigenvalue weighted by Crippen LogP contribution is -2.49. The number of esters is 1. The van der Waals surface area contributed by atoms with Crippen molar-refractivity contribution in [2.75, 3.05) is 6.61 Å². The topological polar surface area (TPSA) is 38.8 Å². The molecule has 2 aliphatic carbocycles. The summed E-state index contributed by atoms with van der Waals surface area (Å²) in [4.78, 5) is 11.9. The van der Waals surface area contributed by atoms with Gasteiger partial charge in [0.2, 0.25) is 0 Å². The number of rotatable bonds is 0. The van der Waals surface area contributed by atoms with Gasteiger partial charge in [0.25, 0.3) is 0 Å². The minimum atomic E-state index is -0.124. The van der Waals surface area contributed by atoms with E-state index in [1.807, 2.05) is 0 Å². The molecule has 0 radical (unpaired) electrons. The van der Waals surface area contributed by atoms with E-state index in [-0.39, 0.29) is 23.6 Å². The van der Waals surface area contributed by atoms with Crippen LogP contribution in [0, 0.1) is 16.7 Å². The second kappa shape index (κ2) is 3.01. The van der Waals surface area contributed by atoms with Crippen LogP contribution in [0.5, 0.6) is 0 Å². The van der Waals surface area contributed by atoms with Crippen molar-refractivity contribution in [1.82, 2.24) is 0 Å². The summed E-state index contributed by atoms with van der Waals surface area (Å²) in [7, 11) is 0. The van der Waals surface area contributed by atoms with Gasteiger partial charge in [0, 0.05) is 5.92 Å². The highest BCUT2D eigenvalue weighted by atomic mass is 16.6. The summed E-state index contributed by atoms with van der Waals surface area (Å²) in [5, 5.41) is 0. The van der Waals surface area contributed by atoms with Crippen molar-refractivity contribution in [2.24, 2.45) is 16.7 Å². The van der Waals surface area contributed by atoms with Gasteiger partial charge in [-0.2, -0.15) is 0 Å². The molecule has 2 heterocycles. The highest BCUT2D eigenvalue weighted by molar-refractivity contribution is 5.94. The third kappa shape index (κ3) is 1.12. The van der Waals surface area contributed by atoms with Gasteiger partial charge in [0.1, 0.15) is 12.7 Å². The summed E-state index contributed by atoms with van der Waals surface area (Å²) < 4.78 is 11.2. The normalized spacial score (nSPS) is 48.2. The van der Waals surface area contributed by atoms with Gasteiger partial charge >= 0.3 is 5.97 Å². The number of cyclic esters (lactones) is 1. The highest BCUT2D eigenvalue weighted by Crippen LogP contribution is 2.65. The lowest BCUT2D eigenvalue weighted by molar-refractivity contribution is -0.136. The fraction of sp³-hybridized carbons (Fsp3) is 0.800. The van der Waals surface area contributed by atoms with Crippen LogP contribution in [0.1, 0.15) is 40.0 Å². The van der Waals surface area contributed by atoms with Crippen molar-refractivity contribution in [2.45, 2.75) is 52.2 Å². The molecule has 3 nitrogen and oxygen atoms in total. The Kier molecular flexibility index (Phi) is 1.84. The summed E-state index contributed by atoms with van der Waals surface area (Å²) in [6, 6.07) is 0. The fourth-order valence-electron chi connectivity index (χ4n) is 5.02. The van der Waals surface area contributed by atoms with Crippen molar-refractivity contribution in [1.29, 1.82) is 0 Å². The molecule has 18 heavy (non-hydrogen) atoms. The monoisotopic (exact) mass is 248 g/mol. The van der Waals surface area contributed by atoms with Crippen LogP contribution in [0.25, 0.3) is 0 Å². The zero-order chi connectivity index (χ0) is 12.7. The number of hydrogen-bond acceptors (Lipinski definition) is 3. The van der Waals surface area contributed by atoms with Gasteiger partial charge in [-0.25, -0.2) is 4.79 Å². The first-order valence-electron chi connectivity index (χ1n) is 7.01. The Labute approximate surface area is 108 Å². The van der Waals surface area contributed by atoms with Crippen molar-refractivity contribution in [3.63, 3.8) is 0 Å². The van der Waals surface area contributed by atoms with Gasteiger partial charge in [-0.1, -0.05) is 27.2 Å². The van der Waals surface area contributed by atoms with Crippen molar-refractivity contribution in [3.8, 4) is 0 Å². The van der Waals surface area contributed by atoms with E-state index in [0.717, 1.165) is 5.57 Å². The highest BCUT2D eigenvalue weighted by Gasteiger charge is 2.67. The average molecular weight is 248 g/mol. The molecule has 4 aliphatic rings. The molecule has 4 rings (SSSR count). The summed E-state index contributed by atoms with van der Waals surface area (Å²) in [6.45, 7) is 7.55. The first-order chi connectivity index (χ1) is 8.45. The van der Waals surface area contributed by atoms with Crippen molar-refractivity contribution in [3.05, 3.63) is 11.1 Å². The standard InChI is InChI=1S/C15H20O3/c1-14(2)5-4-6-15(3)8-7-17-13(16)9(8)10-11(18-10)12(14)15/h10-12H,4-7H2,1-3H3/t10-,11-,12+,15-/m1/s1. The molecule has 2 fully saturated rings. The van der Waals surface area contributed by atoms with Crippen LogP contribution in [0.4, 0.5) is 0 Å². The fourth-order valence-corrected chi connectivity index (χ4v) is 5.02. The summed E-state index contributed by atoms with van der Waals surface area (Å²) in [5.41, 5.74) is 2.54. The van der Waals surface area contributed by atoms with E-state index in [1.54, 1.807) is 0 Å². The van der Waals surface area contributed by atoms with E-state index in [0.29, 0.717) is 17.9 Å². The second-order valence-electron chi connectivity index (χ2n) is 7.23. The summed E-state index contributed by atoms with van der Waals surface area (Å²) in [6.07, 6.45) is 3.98. The molecule has 3 heteroatoms. The quantitative estimate of drug-likeness (QED) is 0.488. The SMILES string of the molecule is CC1(C)CCC[C@]2(C)C3=C(C(=O)OC3)[C@H]3O[C@H]3[C@@H]12. The van der Waals surface area contributed by atoms with Crippen LogP contribution >= 0.6 is 0 Å². The zero-order valence-corrected chi connectivity index (χ0v) is 11.3. The number of carbonyl (C=O) groups is 1. The molecule has 0 aromatic rings. The average Bonchev–Trinajstić information content (AvgIpc) is 2.92. The summed E-state index contributed by atoms with van der Waals surface area (Å²) >= 11 is 0.